The lowest BCUT2D eigenvalue weighted by atomic mass is 10.4. The highest BCUT2D eigenvalue weighted by molar-refractivity contribution is 5.70. The maximum absolute atomic E-state index is 10.8. The van der Waals surface area contributed by atoms with Gasteiger partial charge in [-0.3, -0.25) is 0 Å². The Morgan fingerprint density at radius 2 is 2.27 bits per heavy atom. The molecule has 6 nitrogen and oxygen atoms in total. The fraction of sp³-hybridized carbons (Fsp3) is 0.889. The molecule has 0 saturated carbocycles. The number of carbonyl (C=O) groups excluding carboxylic acids is 1. The molecule has 0 rings (SSSR count). The molecule has 0 saturated heterocycles. The summed E-state index contributed by atoms with van der Waals surface area (Å²) >= 11 is 0. The molecule has 0 aromatic heterocycles. The molecule has 0 aromatic rings. The summed E-state index contributed by atoms with van der Waals surface area (Å²) in [7, 11) is 0. The maximum atomic E-state index is 10.8. The third kappa shape index (κ3) is 9.61. The molecule has 6 heteroatoms. The molecule has 0 spiro atoms. The minimum absolute atomic E-state index is 0.0575. The van der Waals surface area contributed by atoms with E-state index in [0.29, 0.717) is 26.3 Å². The summed E-state index contributed by atoms with van der Waals surface area (Å²) in [5, 5.41) is 20.3. The van der Waals surface area contributed by atoms with Gasteiger partial charge in [-0.25, -0.2) is 4.79 Å². The van der Waals surface area contributed by atoms with Gasteiger partial charge in [0.05, 0.1) is 25.9 Å². The number of hydrogen-bond donors (Lipinski definition) is 3. The number of aliphatic hydroxyl groups is 2. The molecular formula is C9H19NO5. The Morgan fingerprint density at radius 1 is 1.53 bits per heavy atom. The molecule has 0 aromatic carbocycles. The van der Waals surface area contributed by atoms with E-state index in [1.807, 2.05) is 0 Å². The molecule has 90 valence electrons. The highest BCUT2D eigenvalue weighted by Gasteiger charge is 2.02. The zero-order chi connectivity index (χ0) is 11.5. The Kier molecular flexibility index (Phi) is 9.40. The monoisotopic (exact) mass is 221 g/mol. The Hall–Kier alpha value is -0.690. The molecule has 3 N–H and O–H groups in total. The van der Waals surface area contributed by atoms with E-state index in [1.165, 1.54) is 0 Å². The van der Waals surface area contributed by atoms with Crippen molar-refractivity contribution in [1.29, 1.82) is 0 Å². The number of nitrogens with one attached hydrogen (secondary N) is 1. The van der Waals surface area contributed by atoms with Gasteiger partial charge in [0, 0.05) is 13.1 Å². The van der Waals surface area contributed by atoms with Crippen LogP contribution < -0.4 is 5.32 Å². The molecule has 0 aliphatic rings. The molecule has 0 aliphatic carbocycles. The standard InChI is InChI=1S/C9H19NO5/c1-2-15-9(13)7-14-4-3-10-5-8(12)6-11/h8,10-12H,2-7H2,1H3. The summed E-state index contributed by atoms with van der Waals surface area (Å²) in [6.45, 7) is 2.93. The van der Waals surface area contributed by atoms with Crippen molar-refractivity contribution >= 4 is 5.97 Å². The Labute approximate surface area is 89.2 Å². The Balaban J connectivity index is 3.14. The van der Waals surface area contributed by atoms with Crippen LogP contribution in [0.4, 0.5) is 0 Å². The number of rotatable bonds is 9. The van der Waals surface area contributed by atoms with Crippen LogP contribution in [0.5, 0.6) is 0 Å². The van der Waals surface area contributed by atoms with E-state index in [9.17, 15) is 4.79 Å². The molecule has 0 amide bonds. The fourth-order valence-corrected chi connectivity index (χ4v) is 0.836. The summed E-state index contributed by atoms with van der Waals surface area (Å²) in [6, 6.07) is 0. The minimum atomic E-state index is -0.755. The largest absolute Gasteiger partial charge is 0.464 e. The van der Waals surface area contributed by atoms with Gasteiger partial charge >= 0.3 is 5.97 Å². The molecular weight excluding hydrogens is 202 g/mol. The minimum Gasteiger partial charge on any atom is -0.464 e. The van der Waals surface area contributed by atoms with Gasteiger partial charge in [-0.05, 0) is 6.92 Å². The molecule has 15 heavy (non-hydrogen) atoms. The van der Waals surface area contributed by atoms with E-state index in [2.05, 4.69) is 10.1 Å². The van der Waals surface area contributed by atoms with E-state index < -0.39 is 6.10 Å². The quantitative estimate of drug-likeness (QED) is 0.325. The molecule has 0 heterocycles. The first-order chi connectivity index (χ1) is 7.20. The summed E-state index contributed by atoms with van der Waals surface area (Å²) in [4.78, 5) is 10.8. The van der Waals surface area contributed by atoms with E-state index in [1.54, 1.807) is 6.92 Å². The van der Waals surface area contributed by atoms with Crippen LogP contribution >= 0.6 is 0 Å². The molecule has 0 radical (unpaired) electrons. The zero-order valence-corrected chi connectivity index (χ0v) is 8.94. The maximum Gasteiger partial charge on any atom is 0.332 e. The predicted molar refractivity (Wildman–Crippen MR) is 53.4 cm³/mol. The van der Waals surface area contributed by atoms with Gasteiger partial charge in [0.1, 0.15) is 6.61 Å². The first kappa shape index (κ1) is 14.3. The second-order valence-corrected chi connectivity index (χ2v) is 2.90. The van der Waals surface area contributed by atoms with Crippen LogP contribution in [-0.2, 0) is 14.3 Å². The van der Waals surface area contributed by atoms with Crippen molar-refractivity contribution in [3.8, 4) is 0 Å². The third-order valence-electron chi connectivity index (χ3n) is 1.54. The molecule has 0 aliphatic heterocycles. The van der Waals surface area contributed by atoms with E-state index in [0.717, 1.165) is 0 Å². The van der Waals surface area contributed by atoms with Crippen molar-refractivity contribution < 1.29 is 24.5 Å². The van der Waals surface area contributed by atoms with Gasteiger partial charge in [0.2, 0.25) is 0 Å². The van der Waals surface area contributed by atoms with Crippen molar-refractivity contribution in [2.75, 3.05) is 39.5 Å². The van der Waals surface area contributed by atoms with Gasteiger partial charge in [-0.15, -0.1) is 0 Å². The van der Waals surface area contributed by atoms with Gasteiger partial charge in [-0.2, -0.15) is 0 Å². The van der Waals surface area contributed by atoms with Crippen molar-refractivity contribution in [3.05, 3.63) is 0 Å². The fourth-order valence-electron chi connectivity index (χ4n) is 0.836. The number of carbonyl (C=O) groups is 1. The second kappa shape index (κ2) is 9.85. The molecule has 1 unspecified atom stereocenters. The Bertz CT molecular complexity index is 165. The topological polar surface area (TPSA) is 88.0 Å². The number of esters is 1. The van der Waals surface area contributed by atoms with Crippen LogP contribution in [0.1, 0.15) is 6.92 Å². The van der Waals surface area contributed by atoms with E-state index in [-0.39, 0.29) is 19.2 Å². The van der Waals surface area contributed by atoms with Crippen LogP contribution in [0.15, 0.2) is 0 Å². The SMILES string of the molecule is CCOC(=O)COCCNCC(O)CO. The van der Waals surface area contributed by atoms with Gasteiger partial charge < -0.3 is 25.0 Å². The van der Waals surface area contributed by atoms with Gasteiger partial charge in [-0.1, -0.05) is 0 Å². The van der Waals surface area contributed by atoms with Crippen molar-refractivity contribution in [2.24, 2.45) is 0 Å². The second-order valence-electron chi connectivity index (χ2n) is 2.90. The van der Waals surface area contributed by atoms with Gasteiger partial charge in [0.25, 0.3) is 0 Å². The van der Waals surface area contributed by atoms with Crippen LogP contribution in [0.3, 0.4) is 0 Å². The molecule has 1 atom stereocenters. The summed E-state index contributed by atoms with van der Waals surface area (Å²) < 4.78 is 9.63. The third-order valence-corrected chi connectivity index (χ3v) is 1.54. The molecule has 0 bridgehead atoms. The lowest BCUT2D eigenvalue weighted by Gasteiger charge is -2.08. The van der Waals surface area contributed by atoms with Crippen molar-refractivity contribution in [1.82, 2.24) is 5.32 Å². The van der Waals surface area contributed by atoms with E-state index >= 15 is 0 Å². The van der Waals surface area contributed by atoms with Crippen LogP contribution in [0.25, 0.3) is 0 Å². The predicted octanol–water partition coefficient (Wildman–Crippen LogP) is -1.49. The number of ether oxygens (including phenoxy) is 2. The van der Waals surface area contributed by atoms with Crippen molar-refractivity contribution in [3.63, 3.8) is 0 Å². The first-order valence-electron chi connectivity index (χ1n) is 4.93. The summed E-state index contributed by atoms with van der Waals surface area (Å²) in [5.74, 6) is -0.382. The van der Waals surface area contributed by atoms with Gasteiger partial charge in [0.15, 0.2) is 0 Å². The average Bonchev–Trinajstić information content (AvgIpc) is 2.23. The lowest BCUT2D eigenvalue weighted by molar-refractivity contribution is -0.148. The lowest BCUT2D eigenvalue weighted by Crippen LogP contribution is -2.31. The molecule has 0 fully saturated rings. The van der Waals surface area contributed by atoms with Crippen LogP contribution in [0.2, 0.25) is 0 Å². The highest BCUT2D eigenvalue weighted by atomic mass is 16.6. The average molecular weight is 221 g/mol. The van der Waals surface area contributed by atoms with Crippen molar-refractivity contribution in [2.45, 2.75) is 13.0 Å². The highest BCUT2D eigenvalue weighted by Crippen LogP contribution is 1.81. The van der Waals surface area contributed by atoms with Crippen LogP contribution in [0, 0.1) is 0 Å². The number of hydrogen-bond acceptors (Lipinski definition) is 6. The van der Waals surface area contributed by atoms with E-state index in [4.69, 9.17) is 14.9 Å². The summed E-state index contributed by atoms with van der Waals surface area (Å²) in [6.07, 6.45) is -0.755. The smallest absolute Gasteiger partial charge is 0.332 e. The normalized spacial score (nSPS) is 12.5. The van der Waals surface area contributed by atoms with Crippen LogP contribution in [-0.4, -0.2) is 61.8 Å². The zero-order valence-electron chi connectivity index (χ0n) is 8.94. The number of aliphatic hydroxyl groups excluding tert-OH is 2. The Morgan fingerprint density at radius 3 is 2.87 bits per heavy atom. The first-order valence-corrected chi connectivity index (χ1v) is 4.93. The summed E-state index contributed by atoms with van der Waals surface area (Å²) in [5.41, 5.74) is 0.